The zero-order chi connectivity index (χ0) is 15.0. The Bertz CT molecular complexity index is 820. The van der Waals surface area contributed by atoms with Crippen molar-refractivity contribution in [2.24, 2.45) is 7.05 Å². The standard InChI is InChI=1S/C14H15N5OS/c1-8-9(7-19(2)18-8)6-17-14(20)13-11(15)12-10(21-13)4-3-5-16-12/h3-5,7H,6,15H2,1-2H3,(H,17,20). The van der Waals surface area contributed by atoms with Crippen LogP contribution < -0.4 is 11.1 Å². The summed E-state index contributed by atoms with van der Waals surface area (Å²) in [5.74, 6) is -0.182. The number of nitrogens with two attached hydrogens (primary N) is 1. The Morgan fingerprint density at radius 3 is 3.00 bits per heavy atom. The second-order valence-electron chi connectivity index (χ2n) is 4.79. The Balaban J connectivity index is 1.81. The number of nitrogens with zero attached hydrogens (tertiary/aromatic N) is 3. The number of nitrogen functional groups attached to an aromatic ring is 1. The number of rotatable bonds is 3. The molecule has 0 aliphatic heterocycles. The van der Waals surface area contributed by atoms with Crippen molar-refractivity contribution >= 4 is 33.1 Å². The Hall–Kier alpha value is -2.41. The lowest BCUT2D eigenvalue weighted by Gasteiger charge is -2.03. The van der Waals surface area contributed by atoms with Crippen molar-refractivity contribution in [1.29, 1.82) is 0 Å². The molecule has 108 valence electrons. The predicted octanol–water partition coefficient (Wildman–Crippen LogP) is 1.85. The fourth-order valence-electron chi connectivity index (χ4n) is 2.19. The average Bonchev–Trinajstić information content (AvgIpc) is 2.97. The summed E-state index contributed by atoms with van der Waals surface area (Å²) in [5.41, 5.74) is 9.04. The van der Waals surface area contributed by atoms with Gasteiger partial charge in [-0.05, 0) is 19.1 Å². The molecule has 0 aromatic carbocycles. The third-order valence-electron chi connectivity index (χ3n) is 3.24. The number of carbonyl (C=O) groups excluding carboxylic acids is 1. The fourth-order valence-corrected chi connectivity index (χ4v) is 3.19. The molecule has 3 heterocycles. The molecule has 0 spiro atoms. The van der Waals surface area contributed by atoms with Crippen LogP contribution in [-0.4, -0.2) is 20.7 Å². The summed E-state index contributed by atoms with van der Waals surface area (Å²) in [6.45, 7) is 2.35. The van der Waals surface area contributed by atoms with Crippen molar-refractivity contribution in [2.45, 2.75) is 13.5 Å². The number of hydrogen-bond acceptors (Lipinski definition) is 5. The van der Waals surface area contributed by atoms with Gasteiger partial charge in [0.2, 0.25) is 0 Å². The molecule has 3 rings (SSSR count). The molecular weight excluding hydrogens is 286 g/mol. The number of nitrogens with one attached hydrogen (secondary N) is 1. The van der Waals surface area contributed by atoms with Crippen LogP contribution in [0.5, 0.6) is 0 Å². The lowest BCUT2D eigenvalue weighted by Crippen LogP contribution is -2.22. The van der Waals surface area contributed by atoms with Crippen molar-refractivity contribution in [3.05, 3.63) is 40.7 Å². The van der Waals surface area contributed by atoms with E-state index < -0.39 is 0 Å². The largest absolute Gasteiger partial charge is 0.396 e. The van der Waals surface area contributed by atoms with E-state index in [1.807, 2.05) is 32.3 Å². The summed E-state index contributed by atoms with van der Waals surface area (Å²) in [5, 5.41) is 7.13. The topological polar surface area (TPSA) is 85.8 Å². The molecule has 3 aromatic rings. The van der Waals surface area contributed by atoms with E-state index in [1.165, 1.54) is 11.3 Å². The van der Waals surface area contributed by atoms with Gasteiger partial charge in [0.05, 0.1) is 16.1 Å². The Morgan fingerprint density at radius 2 is 2.33 bits per heavy atom. The summed E-state index contributed by atoms with van der Waals surface area (Å²) in [7, 11) is 1.86. The van der Waals surface area contributed by atoms with E-state index in [1.54, 1.807) is 10.9 Å². The van der Waals surface area contributed by atoms with Gasteiger partial charge in [0, 0.05) is 31.5 Å². The highest BCUT2D eigenvalue weighted by molar-refractivity contribution is 7.21. The number of fused-ring (bicyclic) bond motifs is 1. The molecule has 0 aliphatic carbocycles. The van der Waals surface area contributed by atoms with Crippen molar-refractivity contribution in [2.75, 3.05) is 5.73 Å². The van der Waals surface area contributed by atoms with Crippen molar-refractivity contribution in [3.8, 4) is 0 Å². The summed E-state index contributed by atoms with van der Waals surface area (Å²) >= 11 is 1.36. The minimum Gasteiger partial charge on any atom is -0.396 e. The number of anilines is 1. The van der Waals surface area contributed by atoms with Crippen LogP contribution in [0.3, 0.4) is 0 Å². The van der Waals surface area contributed by atoms with Gasteiger partial charge in [-0.2, -0.15) is 5.10 Å². The van der Waals surface area contributed by atoms with E-state index in [0.29, 0.717) is 22.6 Å². The fraction of sp³-hybridized carbons (Fsp3) is 0.214. The molecule has 0 atom stereocenters. The number of pyridine rings is 1. The van der Waals surface area contributed by atoms with Gasteiger partial charge in [-0.1, -0.05) is 0 Å². The normalized spacial score (nSPS) is 11.0. The summed E-state index contributed by atoms with van der Waals surface area (Å²) in [6, 6.07) is 3.74. The molecule has 3 aromatic heterocycles. The molecular formula is C14H15N5OS. The van der Waals surface area contributed by atoms with Gasteiger partial charge in [0.15, 0.2) is 0 Å². The van der Waals surface area contributed by atoms with Crippen LogP contribution in [0.4, 0.5) is 5.69 Å². The van der Waals surface area contributed by atoms with Gasteiger partial charge in [-0.25, -0.2) is 0 Å². The van der Waals surface area contributed by atoms with E-state index in [9.17, 15) is 4.79 Å². The Morgan fingerprint density at radius 1 is 1.52 bits per heavy atom. The van der Waals surface area contributed by atoms with Gasteiger partial charge in [-0.3, -0.25) is 14.5 Å². The maximum absolute atomic E-state index is 12.3. The van der Waals surface area contributed by atoms with Crippen molar-refractivity contribution in [3.63, 3.8) is 0 Å². The maximum Gasteiger partial charge on any atom is 0.263 e. The second kappa shape index (κ2) is 5.17. The highest BCUT2D eigenvalue weighted by atomic mass is 32.1. The summed E-state index contributed by atoms with van der Waals surface area (Å²) < 4.78 is 2.65. The molecule has 21 heavy (non-hydrogen) atoms. The van der Waals surface area contributed by atoms with Crippen LogP contribution in [0, 0.1) is 6.92 Å². The van der Waals surface area contributed by atoms with Gasteiger partial charge in [0.1, 0.15) is 10.4 Å². The first-order valence-electron chi connectivity index (χ1n) is 6.46. The molecule has 0 bridgehead atoms. The average molecular weight is 301 g/mol. The number of aromatic nitrogens is 3. The molecule has 0 aliphatic rings. The van der Waals surface area contributed by atoms with Crippen LogP contribution in [0.1, 0.15) is 20.9 Å². The molecule has 1 amide bonds. The van der Waals surface area contributed by atoms with E-state index in [4.69, 9.17) is 5.73 Å². The number of hydrogen-bond donors (Lipinski definition) is 2. The molecule has 0 unspecified atom stereocenters. The smallest absolute Gasteiger partial charge is 0.263 e. The van der Waals surface area contributed by atoms with Crippen LogP contribution in [-0.2, 0) is 13.6 Å². The SMILES string of the molecule is Cc1nn(C)cc1CNC(=O)c1sc2cccnc2c1N. The van der Waals surface area contributed by atoms with Gasteiger partial charge in [-0.15, -0.1) is 11.3 Å². The Labute approximate surface area is 125 Å². The van der Waals surface area contributed by atoms with E-state index in [2.05, 4.69) is 15.4 Å². The minimum absolute atomic E-state index is 0.182. The zero-order valence-electron chi connectivity index (χ0n) is 11.8. The molecule has 7 heteroatoms. The highest BCUT2D eigenvalue weighted by Crippen LogP contribution is 2.31. The highest BCUT2D eigenvalue weighted by Gasteiger charge is 2.17. The first-order valence-corrected chi connectivity index (χ1v) is 7.28. The first-order chi connectivity index (χ1) is 10.1. The molecule has 0 radical (unpaired) electrons. The van der Waals surface area contributed by atoms with Crippen LogP contribution >= 0.6 is 11.3 Å². The summed E-state index contributed by atoms with van der Waals surface area (Å²) in [6.07, 6.45) is 3.57. The predicted molar refractivity (Wildman–Crippen MR) is 83.1 cm³/mol. The van der Waals surface area contributed by atoms with E-state index in [0.717, 1.165) is 16.0 Å². The third kappa shape index (κ3) is 2.47. The van der Waals surface area contributed by atoms with Gasteiger partial charge >= 0.3 is 0 Å². The molecule has 0 saturated heterocycles. The lowest BCUT2D eigenvalue weighted by molar-refractivity contribution is 0.0956. The summed E-state index contributed by atoms with van der Waals surface area (Å²) in [4.78, 5) is 17.0. The molecule has 0 saturated carbocycles. The maximum atomic E-state index is 12.3. The number of amides is 1. The van der Waals surface area contributed by atoms with Crippen LogP contribution in [0.15, 0.2) is 24.5 Å². The van der Waals surface area contributed by atoms with Crippen LogP contribution in [0.2, 0.25) is 0 Å². The molecule has 0 fully saturated rings. The molecule has 6 nitrogen and oxygen atoms in total. The molecule has 3 N–H and O–H groups in total. The van der Waals surface area contributed by atoms with Crippen molar-refractivity contribution in [1.82, 2.24) is 20.1 Å². The lowest BCUT2D eigenvalue weighted by atomic mass is 10.2. The number of thiophene rings is 1. The van der Waals surface area contributed by atoms with Gasteiger partial charge in [0.25, 0.3) is 5.91 Å². The van der Waals surface area contributed by atoms with Crippen LogP contribution in [0.25, 0.3) is 10.2 Å². The van der Waals surface area contributed by atoms with E-state index >= 15 is 0 Å². The number of carbonyl (C=O) groups is 1. The van der Waals surface area contributed by atoms with Gasteiger partial charge < -0.3 is 11.1 Å². The van der Waals surface area contributed by atoms with E-state index in [-0.39, 0.29) is 5.91 Å². The number of aryl methyl sites for hydroxylation is 2. The Kier molecular flexibility index (Phi) is 3.34. The minimum atomic E-state index is -0.182. The van der Waals surface area contributed by atoms with Crippen molar-refractivity contribution < 1.29 is 4.79 Å². The monoisotopic (exact) mass is 301 g/mol. The zero-order valence-corrected chi connectivity index (χ0v) is 12.6. The quantitative estimate of drug-likeness (QED) is 0.773. The second-order valence-corrected chi connectivity index (χ2v) is 5.84. The third-order valence-corrected chi connectivity index (χ3v) is 4.40. The first kappa shape index (κ1) is 13.6.